The van der Waals surface area contributed by atoms with E-state index in [-0.39, 0.29) is 26.1 Å². The molecular formula is C5H14NO6P. The van der Waals surface area contributed by atoms with Crippen LogP contribution < -0.4 is 5.73 Å². The Balaban J connectivity index is 4.31. The highest BCUT2D eigenvalue weighted by Gasteiger charge is 2.33. The summed E-state index contributed by atoms with van der Waals surface area (Å²) in [6.07, 6.45) is -0.308. The predicted octanol–water partition coefficient (Wildman–Crippen LogP) is -1.48. The number of phosphoric acid groups is 1. The van der Waals surface area contributed by atoms with Crippen LogP contribution in [0.4, 0.5) is 0 Å². The van der Waals surface area contributed by atoms with E-state index in [4.69, 9.17) is 25.7 Å². The number of hydrogen-bond donors (Lipinski definition) is 5. The lowest BCUT2D eigenvalue weighted by Gasteiger charge is -2.27. The summed E-state index contributed by atoms with van der Waals surface area (Å²) in [5, 5.41) is 17.1. The molecule has 0 saturated heterocycles. The first-order chi connectivity index (χ1) is 5.83. The molecule has 8 heteroatoms. The number of aliphatic hydroxyl groups excluding tert-OH is 2. The number of rotatable bonds is 6. The highest BCUT2D eigenvalue weighted by molar-refractivity contribution is 7.46. The Hall–Kier alpha value is -0.0100. The normalized spacial score (nSPS) is 13.3. The molecule has 0 heterocycles. The Morgan fingerprint density at radius 2 is 1.62 bits per heavy atom. The molecule has 0 fully saturated rings. The van der Waals surface area contributed by atoms with Gasteiger partial charge in [0, 0.05) is 26.1 Å². The van der Waals surface area contributed by atoms with Gasteiger partial charge in [-0.25, -0.2) is 4.57 Å². The molecule has 0 atom stereocenters. The number of phosphoric ester groups is 1. The van der Waals surface area contributed by atoms with Crippen LogP contribution in [0.5, 0.6) is 0 Å². The molecule has 0 bridgehead atoms. The first kappa shape index (κ1) is 13.0. The van der Waals surface area contributed by atoms with E-state index in [9.17, 15) is 4.57 Å². The van der Waals surface area contributed by atoms with Crippen molar-refractivity contribution in [2.75, 3.05) is 13.2 Å². The highest BCUT2D eigenvalue weighted by atomic mass is 31.2. The van der Waals surface area contributed by atoms with E-state index in [1.54, 1.807) is 0 Å². The van der Waals surface area contributed by atoms with Crippen molar-refractivity contribution in [1.82, 2.24) is 0 Å². The van der Waals surface area contributed by atoms with E-state index in [0.29, 0.717) is 0 Å². The Morgan fingerprint density at radius 3 is 1.85 bits per heavy atom. The average molecular weight is 215 g/mol. The van der Waals surface area contributed by atoms with E-state index in [2.05, 4.69) is 4.52 Å². The molecule has 0 rings (SSSR count). The van der Waals surface area contributed by atoms with Gasteiger partial charge >= 0.3 is 7.82 Å². The molecule has 0 aliphatic rings. The van der Waals surface area contributed by atoms with Gasteiger partial charge in [-0.1, -0.05) is 0 Å². The van der Waals surface area contributed by atoms with E-state index in [1.165, 1.54) is 0 Å². The van der Waals surface area contributed by atoms with E-state index in [0.717, 1.165) is 0 Å². The molecule has 0 aliphatic carbocycles. The summed E-state index contributed by atoms with van der Waals surface area (Å²) in [5.41, 5.74) is 3.69. The van der Waals surface area contributed by atoms with Crippen molar-refractivity contribution in [3.63, 3.8) is 0 Å². The Bertz CT molecular complexity index is 185. The van der Waals surface area contributed by atoms with Crippen LogP contribution in [0.25, 0.3) is 0 Å². The lowest BCUT2D eigenvalue weighted by atomic mass is 10.1. The van der Waals surface area contributed by atoms with E-state index in [1.807, 2.05) is 0 Å². The van der Waals surface area contributed by atoms with Crippen molar-refractivity contribution in [2.45, 2.75) is 18.6 Å². The van der Waals surface area contributed by atoms with Crippen LogP contribution in [0.1, 0.15) is 12.8 Å². The average Bonchev–Trinajstić information content (AvgIpc) is 1.82. The summed E-state index contributed by atoms with van der Waals surface area (Å²) >= 11 is 0. The van der Waals surface area contributed by atoms with Gasteiger partial charge in [0.2, 0.25) is 0 Å². The maximum Gasteiger partial charge on any atom is 0.471 e. The Morgan fingerprint density at radius 1 is 1.23 bits per heavy atom. The van der Waals surface area contributed by atoms with Crippen LogP contribution in [0.15, 0.2) is 0 Å². The molecule has 0 aromatic rings. The topological polar surface area (TPSA) is 133 Å². The minimum Gasteiger partial charge on any atom is -0.396 e. The molecule has 0 aromatic carbocycles. The summed E-state index contributed by atoms with van der Waals surface area (Å²) in [6.45, 7) is -0.757. The lowest BCUT2D eigenvalue weighted by Crippen LogP contribution is -2.43. The van der Waals surface area contributed by atoms with Gasteiger partial charge in [0.25, 0.3) is 0 Å². The number of nitrogens with two attached hydrogens (primary N) is 1. The summed E-state index contributed by atoms with van der Waals surface area (Å²) in [7, 11) is -4.69. The number of aliphatic hydroxyl groups is 2. The van der Waals surface area contributed by atoms with Crippen molar-refractivity contribution < 1.29 is 29.1 Å². The minimum atomic E-state index is -4.69. The predicted molar refractivity (Wildman–Crippen MR) is 43.5 cm³/mol. The molecule has 0 aromatic heterocycles. The van der Waals surface area contributed by atoms with Gasteiger partial charge in [0.15, 0.2) is 0 Å². The SMILES string of the molecule is NC(CCO)(CCO)OP(=O)(O)O. The summed E-state index contributed by atoms with van der Waals surface area (Å²) in [6, 6.07) is 0. The molecule has 0 radical (unpaired) electrons. The lowest BCUT2D eigenvalue weighted by molar-refractivity contribution is 0.0000645. The molecule has 0 amide bonds. The molecule has 80 valence electrons. The quantitative estimate of drug-likeness (QED) is 0.269. The zero-order chi connectivity index (χ0) is 10.5. The van der Waals surface area contributed by atoms with Crippen LogP contribution in [0.3, 0.4) is 0 Å². The highest BCUT2D eigenvalue weighted by Crippen LogP contribution is 2.41. The maximum atomic E-state index is 10.4. The van der Waals surface area contributed by atoms with Crippen molar-refractivity contribution >= 4 is 7.82 Å². The third kappa shape index (κ3) is 6.11. The summed E-state index contributed by atoms with van der Waals surface area (Å²) < 4.78 is 14.7. The van der Waals surface area contributed by atoms with Crippen LogP contribution in [0.2, 0.25) is 0 Å². The van der Waals surface area contributed by atoms with Crippen LogP contribution in [-0.2, 0) is 9.09 Å². The molecular weight excluding hydrogens is 201 g/mol. The van der Waals surface area contributed by atoms with Gasteiger partial charge in [0.05, 0.1) is 0 Å². The van der Waals surface area contributed by atoms with Gasteiger partial charge in [-0.15, -0.1) is 0 Å². The Labute approximate surface area is 75.4 Å². The van der Waals surface area contributed by atoms with Gasteiger partial charge in [-0.3, -0.25) is 4.52 Å². The molecule has 0 spiro atoms. The third-order valence-electron chi connectivity index (χ3n) is 1.37. The van der Waals surface area contributed by atoms with Crippen LogP contribution in [0, 0.1) is 0 Å². The van der Waals surface area contributed by atoms with Gasteiger partial charge < -0.3 is 25.7 Å². The monoisotopic (exact) mass is 215 g/mol. The standard InChI is InChI=1S/C5H14NO6P/c6-5(1-3-7,2-4-8)12-13(9,10)11/h7-8H,1-4,6H2,(H2,9,10,11). The number of hydrogen-bond acceptors (Lipinski definition) is 5. The largest absolute Gasteiger partial charge is 0.471 e. The second kappa shape index (κ2) is 5.02. The molecule has 13 heavy (non-hydrogen) atoms. The van der Waals surface area contributed by atoms with Crippen molar-refractivity contribution in [1.29, 1.82) is 0 Å². The summed E-state index contributed by atoms with van der Waals surface area (Å²) in [4.78, 5) is 16.9. The first-order valence-electron chi connectivity index (χ1n) is 3.60. The first-order valence-corrected chi connectivity index (χ1v) is 5.13. The fourth-order valence-electron chi connectivity index (χ4n) is 0.832. The fourth-order valence-corrected chi connectivity index (χ4v) is 1.49. The second-order valence-corrected chi connectivity index (χ2v) is 3.76. The maximum absolute atomic E-state index is 10.4. The van der Waals surface area contributed by atoms with Crippen LogP contribution >= 0.6 is 7.82 Å². The van der Waals surface area contributed by atoms with E-state index >= 15 is 0 Å². The Kier molecular flexibility index (Phi) is 5.01. The fraction of sp³-hybridized carbons (Fsp3) is 1.00. The molecule has 0 saturated carbocycles. The third-order valence-corrected chi connectivity index (χ3v) is 1.97. The second-order valence-electron chi connectivity index (χ2n) is 2.59. The molecule has 7 nitrogen and oxygen atoms in total. The van der Waals surface area contributed by atoms with Crippen molar-refractivity contribution in [3.8, 4) is 0 Å². The minimum absolute atomic E-state index is 0.154. The van der Waals surface area contributed by atoms with Crippen LogP contribution in [-0.4, -0.2) is 38.9 Å². The van der Waals surface area contributed by atoms with E-state index < -0.39 is 13.5 Å². The van der Waals surface area contributed by atoms with Gasteiger partial charge in [-0.2, -0.15) is 0 Å². The molecule has 0 aliphatic heterocycles. The smallest absolute Gasteiger partial charge is 0.396 e. The van der Waals surface area contributed by atoms with Crippen molar-refractivity contribution in [3.05, 3.63) is 0 Å². The van der Waals surface area contributed by atoms with Crippen molar-refractivity contribution in [2.24, 2.45) is 5.73 Å². The molecule has 6 N–H and O–H groups in total. The summed E-state index contributed by atoms with van der Waals surface area (Å²) in [5.74, 6) is 0. The zero-order valence-corrected chi connectivity index (χ0v) is 7.85. The molecule has 0 unspecified atom stereocenters. The zero-order valence-electron chi connectivity index (χ0n) is 6.96. The van der Waals surface area contributed by atoms with Gasteiger partial charge in [0.1, 0.15) is 5.72 Å². The van der Waals surface area contributed by atoms with Gasteiger partial charge in [-0.05, 0) is 0 Å².